The van der Waals surface area contributed by atoms with Gasteiger partial charge in [0, 0.05) is 21.4 Å². The van der Waals surface area contributed by atoms with Crippen LogP contribution >= 0.6 is 22.7 Å². The Morgan fingerprint density at radius 2 is 1.91 bits per heavy atom. The summed E-state index contributed by atoms with van der Waals surface area (Å²) in [6.07, 6.45) is 0. The van der Waals surface area contributed by atoms with Crippen LogP contribution in [0.25, 0.3) is 32.1 Å². The van der Waals surface area contributed by atoms with Crippen LogP contribution in [0.5, 0.6) is 0 Å². The van der Waals surface area contributed by atoms with Gasteiger partial charge in [0.15, 0.2) is 0 Å². The molecule has 0 bridgehead atoms. The van der Waals surface area contributed by atoms with Crippen LogP contribution in [0.1, 0.15) is 5.56 Å². The summed E-state index contributed by atoms with van der Waals surface area (Å²) < 4.78 is 5.50. The van der Waals surface area contributed by atoms with Gasteiger partial charge in [-0.1, -0.05) is 24.3 Å². The van der Waals surface area contributed by atoms with Crippen LogP contribution in [0.2, 0.25) is 0 Å². The molecule has 0 fully saturated rings. The molecule has 0 radical (unpaired) electrons. The minimum absolute atomic E-state index is 0.326. The first kappa shape index (κ1) is 13.4. The number of aryl methyl sites for hydroxylation is 1. The van der Waals surface area contributed by atoms with Crippen LogP contribution in [-0.4, -0.2) is 4.98 Å². The second-order valence-electron chi connectivity index (χ2n) is 4.93. The molecule has 22 heavy (non-hydrogen) atoms. The van der Waals surface area contributed by atoms with E-state index in [2.05, 4.69) is 4.98 Å². The number of rotatable bonds is 2. The van der Waals surface area contributed by atoms with Crippen molar-refractivity contribution in [2.45, 2.75) is 6.92 Å². The molecule has 0 unspecified atom stereocenters. The lowest BCUT2D eigenvalue weighted by atomic mass is 10.1. The molecule has 5 heteroatoms. The van der Waals surface area contributed by atoms with Crippen LogP contribution in [0.15, 0.2) is 56.4 Å². The van der Waals surface area contributed by atoms with E-state index < -0.39 is 0 Å². The Balaban J connectivity index is 1.97. The molecule has 0 aliphatic rings. The Morgan fingerprint density at radius 3 is 2.68 bits per heavy atom. The van der Waals surface area contributed by atoms with Gasteiger partial charge in [-0.25, -0.2) is 9.78 Å². The highest BCUT2D eigenvalue weighted by atomic mass is 32.1. The molecule has 108 valence electrons. The molecule has 0 saturated heterocycles. The quantitative estimate of drug-likeness (QED) is 0.523. The molecule has 3 nitrogen and oxygen atoms in total. The Labute approximate surface area is 134 Å². The number of nitrogens with zero attached hydrogens (tertiary/aromatic N) is 1. The summed E-state index contributed by atoms with van der Waals surface area (Å²) in [7, 11) is 0. The summed E-state index contributed by atoms with van der Waals surface area (Å²) in [4.78, 5) is 18.8. The van der Waals surface area contributed by atoms with Crippen molar-refractivity contribution in [3.63, 3.8) is 0 Å². The number of benzene rings is 1. The van der Waals surface area contributed by atoms with E-state index in [9.17, 15) is 4.79 Å². The Hall–Kier alpha value is -2.24. The first-order chi connectivity index (χ1) is 10.7. The molecule has 0 aliphatic carbocycles. The van der Waals surface area contributed by atoms with E-state index in [1.165, 1.54) is 11.3 Å². The highest BCUT2D eigenvalue weighted by Gasteiger charge is 2.16. The molecule has 0 amide bonds. The average molecular weight is 325 g/mol. The second kappa shape index (κ2) is 5.19. The lowest BCUT2D eigenvalue weighted by molar-refractivity contribution is 0.519. The van der Waals surface area contributed by atoms with E-state index in [0.29, 0.717) is 11.3 Å². The van der Waals surface area contributed by atoms with Gasteiger partial charge in [0.25, 0.3) is 0 Å². The van der Waals surface area contributed by atoms with Crippen molar-refractivity contribution < 1.29 is 4.42 Å². The summed E-state index contributed by atoms with van der Waals surface area (Å²) in [5.41, 5.74) is 2.47. The summed E-state index contributed by atoms with van der Waals surface area (Å²) in [5.74, 6) is 0.384. The van der Waals surface area contributed by atoms with Crippen molar-refractivity contribution in [2.24, 2.45) is 0 Å². The normalized spacial score (nSPS) is 11.1. The fraction of sp³-hybridized carbons (Fsp3) is 0.0588. The maximum Gasteiger partial charge on any atom is 0.348 e. The third-order valence-corrected chi connectivity index (χ3v) is 5.31. The van der Waals surface area contributed by atoms with E-state index in [1.807, 2.05) is 54.1 Å². The van der Waals surface area contributed by atoms with Crippen molar-refractivity contribution in [3.8, 4) is 21.9 Å². The predicted molar refractivity (Wildman–Crippen MR) is 91.6 cm³/mol. The zero-order valence-corrected chi connectivity index (χ0v) is 13.3. The SMILES string of the molecule is Cc1ccccc1-c1nc2scc(-c3cccs3)c2c(=O)o1. The first-order valence-electron chi connectivity index (χ1n) is 6.76. The van der Waals surface area contributed by atoms with Gasteiger partial charge >= 0.3 is 5.63 Å². The van der Waals surface area contributed by atoms with Crippen molar-refractivity contribution >= 4 is 32.9 Å². The van der Waals surface area contributed by atoms with Crippen LogP contribution < -0.4 is 5.63 Å². The molecule has 4 rings (SSSR count). The lowest BCUT2D eigenvalue weighted by Crippen LogP contribution is -2.02. The molecule has 0 atom stereocenters. The summed E-state index contributed by atoms with van der Waals surface area (Å²) >= 11 is 3.08. The molecule has 0 saturated carbocycles. The topological polar surface area (TPSA) is 43.1 Å². The van der Waals surface area contributed by atoms with Crippen molar-refractivity contribution in [2.75, 3.05) is 0 Å². The van der Waals surface area contributed by atoms with Crippen molar-refractivity contribution in [1.29, 1.82) is 0 Å². The highest BCUT2D eigenvalue weighted by Crippen LogP contribution is 2.34. The van der Waals surface area contributed by atoms with Gasteiger partial charge in [-0.15, -0.1) is 22.7 Å². The number of hydrogen-bond donors (Lipinski definition) is 0. The van der Waals surface area contributed by atoms with E-state index in [1.54, 1.807) is 11.3 Å². The van der Waals surface area contributed by atoms with Gasteiger partial charge in [-0.2, -0.15) is 0 Å². The van der Waals surface area contributed by atoms with Crippen molar-refractivity contribution in [1.82, 2.24) is 4.98 Å². The van der Waals surface area contributed by atoms with E-state index >= 15 is 0 Å². The van der Waals surface area contributed by atoms with Crippen molar-refractivity contribution in [3.05, 3.63) is 63.1 Å². The van der Waals surface area contributed by atoms with Gasteiger partial charge in [0.05, 0.1) is 0 Å². The Morgan fingerprint density at radius 1 is 1.05 bits per heavy atom. The monoisotopic (exact) mass is 325 g/mol. The zero-order valence-electron chi connectivity index (χ0n) is 11.7. The number of fused-ring (bicyclic) bond motifs is 1. The largest absolute Gasteiger partial charge is 0.403 e. The fourth-order valence-corrected chi connectivity index (χ4v) is 4.17. The number of hydrogen-bond acceptors (Lipinski definition) is 5. The zero-order chi connectivity index (χ0) is 15.1. The predicted octanol–water partition coefficient (Wildman–Crippen LogP) is 4.95. The minimum Gasteiger partial charge on any atom is -0.403 e. The maximum atomic E-state index is 12.5. The minimum atomic E-state index is -0.326. The average Bonchev–Trinajstić information content (AvgIpc) is 3.16. The molecule has 0 spiro atoms. The maximum absolute atomic E-state index is 12.5. The number of aromatic nitrogens is 1. The molecule has 4 aromatic rings. The van der Waals surface area contributed by atoms with Crippen LogP contribution in [0.3, 0.4) is 0 Å². The van der Waals surface area contributed by atoms with Gasteiger partial charge in [0.1, 0.15) is 10.2 Å². The molecule has 3 aromatic heterocycles. The number of thiophene rings is 2. The molecule has 1 aromatic carbocycles. The van der Waals surface area contributed by atoms with Gasteiger partial charge in [0.2, 0.25) is 5.89 Å². The first-order valence-corrected chi connectivity index (χ1v) is 8.52. The lowest BCUT2D eigenvalue weighted by Gasteiger charge is -2.03. The summed E-state index contributed by atoms with van der Waals surface area (Å²) in [6, 6.07) is 11.7. The molecule has 0 aliphatic heterocycles. The molecule has 0 N–H and O–H groups in total. The third kappa shape index (κ3) is 2.10. The summed E-state index contributed by atoms with van der Waals surface area (Å²) in [5, 5.41) is 4.54. The van der Waals surface area contributed by atoms with E-state index in [-0.39, 0.29) is 5.63 Å². The molecular weight excluding hydrogens is 314 g/mol. The van der Waals surface area contributed by atoms with Crippen LogP contribution in [0.4, 0.5) is 0 Å². The van der Waals surface area contributed by atoms with E-state index in [0.717, 1.165) is 26.4 Å². The smallest absolute Gasteiger partial charge is 0.348 e. The standard InChI is InChI=1S/C17H11NO2S2/c1-10-5-2-3-6-11(10)15-18-16-14(17(19)20-15)12(9-22-16)13-7-4-8-21-13/h2-9H,1H3. The van der Waals surface area contributed by atoms with Gasteiger partial charge < -0.3 is 4.42 Å². The van der Waals surface area contributed by atoms with Gasteiger partial charge in [-0.3, -0.25) is 0 Å². The Bertz CT molecular complexity index is 1010. The van der Waals surface area contributed by atoms with E-state index in [4.69, 9.17) is 4.42 Å². The molecule has 3 heterocycles. The molecular formula is C17H11NO2S2. The third-order valence-electron chi connectivity index (χ3n) is 3.53. The fourth-order valence-electron chi connectivity index (χ4n) is 2.42. The Kier molecular flexibility index (Phi) is 3.17. The second-order valence-corrected chi connectivity index (χ2v) is 6.73. The van der Waals surface area contributed by atoms with Crippen LogP contribution in [-0.2, 0) is 0 Å². The van der Waals surface area contributed by atoms with Crippen LogP contribution in [0, 0.1) is 6.92 Å². The van der Waals surface area contributed by atoms with Gasteiger partial charge in [-0.05, 0) is 30.0 Å². The summed E-state index contributed by atoms with van der Waals surface area (Å²) in [6.45, 7) is 1.98. The highest BCUT2D eigenvalue weighted by molar-refractivity contribution is 7.18.